The zero-order valence-corrected chi connectivity index (χ0v) is 35.4. The second-order valence-corrected chi connectivity index (χ2v) is 17.1. The van der Waals surface area contributed by atoms with E-state index in [4.69, 9.17) is 19.4 Å². The van der Waals surface area contributed by atoms with Crippen LogP contribution < -0.4 is 10.6 Å². The SMILES string of the molecule is COC(=O)N[C@H](C(=O)N1C[C@H](C)C[C@H]1c1nc2cc(-c3ccc(-c4ccc5[nH]c([C@@H]6C[C@@H](C)CN6C(=O)[C@@H](NC(=O)OC)C(C)C)nc5c4)c(C)c3)ccc2[nH]1)C(C)C. The van der Waals surface area contributed by atoms with E-state index in [1.807, 2.05) is 49.6 Å². The molecule has 0 radical (unpaired) electrons. The van der Waals surface area contributed by atoms with Crippen molar-refractivity contribution in [1.29, 1.82) is 0 Å². The highest BCUT2D eigenvalue weighted by atomic mass is 16.5. The monoisotopic (exact) mass is 804 g/mol. The Hall–Kier alpha value is -5.92. The molecule has 2 aromatic heterocycles. The zero-order valence-electron chi connectivity index (χ0n) is 35.4. The standard InChI is InChI=1S/C45H56N8O6/c1-23(2)38(50-44(56)58-8)42(54)52-21-25(5)16-36(52)40-46-32-14-11-29(19-34(32)48-40)28-10-13-31(27(7)18-28)30-12-15-33-35(20-30)49-41(47-33)37-17-26(6)22-53(37)43(55)39(24(3)4)51-45(57)59-9/h10-15,18-20,23-26,36-39H,16-17,21-22H2,1-9H3,(H,46,48)(H,47,49)(H,50,56)(H,51,57)/t25-,26-,36+,37+,38+,39+/m1/s1. The van der Waals surface area contributed by atoms with Crippen molar-refractivity contribution in [2.45, 2.75) is 85.5 Å². The number of hydrogen-bond donors (Lipinski definition) is 4. The summed E-state index contributed by atoms with van der Waals surface area (Å²) in [5.74, 6) is 1.49. The molecule has 14 heteroatoms. The molecular formula is C45H56N8O6. The van der Waals surface area contributed by atoms with E-state index in [1.165, 1.54) is 14.2 Å². The highest BCUT2D eigenvalue weighted by Crippen LogP contribution is 2.39. The highest BCUT2D eigenvalue weighted by Gasteiger charge is 2.41. The van der Waals surface area contributed by atoms with Gasteiger partial charge in [-0.1, -0.05) is 71.9 Å². The molecule has 0 unspecified atom stereocenters. The fourth-order valence-electron chi connectivity index (χ4n) is 8.73. The van der Waals surface area contributed by atoms with Crippen molar-refractivity contribution < 1.29 is 28.7 Å². The van der Waals surface area contributed by atoms with Crippen LogP contribution in [0.1, 0.15) is 83.7 Å². The van der Waals surface area contributed by atoms with Crippen molar-refractivity contribution in [3.8, 4) is 22.3 Å². The van der Waals surface area contributed by atoms with Crippen LogP contribution in [-0.2, 0) is 19.1 Å². The summed E-state index contributed by atoms with van der Waals surface area (Å²) in [6.45, 7) is 15.1. The Labute approximate surface area is 344 Å². The maximum absolute atomic E-state index is 13.8. The van der Waals surface area contributed by atoms with Crippen molar-refractivity contribution in [3.63, 3.8) is 0 Å². The molecule has 0 aliphatic carbocycles. The van der Waals surface area contributed by atoms with Crippen molar-refractivity contribution in [2.24, 2.45) is 23.7 Å². The Morgan fingerprint density at radius 3 is 1.53 bits per heavy atom. The van der Waals surface area contributed by atoms with E-state index in [0.717, 1.165) is 74.4 Å². The third kappa shape index (κ3) is 8.35. The maximum Gasteiger partial charge on any atom is 0.407 e. The number of nitrogens with one attached hydrogen (secondary N) is 4. The second kappa shape index (κ2) is 16.7. The van der Waals surface area contributed by atoms with Gasteiger partial charge in [0, 0.05) is 13.1 Å². The molecule has 2 aliphatic rings. The maximum atomic E-state index is 13.8. The third-order valence-electron chi connectivity index (χ3n) is 11.9. The van der Waals surface area contributed by atoms with Gasteiger partial charge in [-0.25, -0.2) is 19.6 Å². The lowest BCUT2D eigenvalue weighted by Crippen LogP contribution is -2.51. The first-order valence-electron chi connectivity index (χ1n) is 20.6. The topological polar surface area (TPSA) is 175 Å². The summed E-state index contributed by atoms with van der Waals surface area (Å²) in [4.78, 5) is 72.4. The van der Waals surface area contributed by atoms with Crippen molar-refractivity contribution in [3.05, 3.63) is 71.8 Å². The number of H-pyrrole nitrogens is 2. The fraction of sp³-hybridized carbons (Fsp3) is 0.467. The molecule has 7 rings (SSSR count). The van der Waals surface area contributed by atoms with Crippen molar-refractivity contribution in [2.75, 3.05) is 27.3 Å². The smallest absolute Gasteiger partial charge is 0.407 e. The number of aromatic amines is 2. The quantitative estimate of drug-likeness (QED) is 0.111. The first kappa shape index (κ1) is 41.2. The minimum absolute atomic E-state index is 0.120. The van der Waals surface area contributed by atoms with Gasteiger partial charge in [0.2, 0.25) is 11.8 Å². The largest absolute Gasteiger partial charge is 0.453 e. The van der Waals surface area contributed by atoms with Gasteiger partial charge < -0.3 is 39.9 Å². The number of carbonyl (C=O) groups is 4. The lowest BCUT2D eigenvalue weighted by molar-refractivity contribution is -0.136. The molecule has 4 heterocycles. The van der Waals surface area contributed by atoms with Crippen LogP contribution in [0.2, 0.25) is 0 Å². The van der Waals surface area contributed by atoms with E-state index in [-0.39, 0.29) is 47.6 Å². The molecule has 2 aliphatic heterocycles. The van der Waals surface area contributed by atoms with Gasteiger partial charge in [-0.2, -0.15) is 0 Å². The molecule has 0 spiro atoms. The van der Waals surface area contributed by atoms with Gasteiger partial charge in [-0.15, -0.1) is 0 Å². The van der Waals surface area contributed by atoms with Crippen LogP contribution in [0.4, 0.5) is 9.59 Å². The van der Waals surface area contributed by atoms with E-state index >= 15 is 0 Å². The summed E-state index contributed by atoms with van der Waals surface area (Å²) in [7, 11) is 2.59. The number of methoxy groups -OCH3 is 2. The molecule has 3 aromatic carbocycles. The van der Waals surface area contributed by atoms with Crippen LogP contribution in [0.5, 0.6) is 0 Å². The Morgan fingerprint density at radius 1 is 0.661 bits per heavy atom. The number of fused-ring (bicyclic) bond motifs is 2. The van der Waals surface area contributed by atoms with Gasteiger partial charge in [0.25, 0.3) is 0 Å². The Morgan fingerprint density at radius 2 is 1.08 bits per heavy atom. The predicted octanol–water partition coefficient (Wildman–Crippen LogP) is 7.66. The van der Waals surface area contributed by atoms with Crippen molar-refractivity contribution in [1.82, 2.24) is 40.4 Å². The van der Waals surface area contributed by atoms with Gasteiger partial charge in [0.05, 0.1) is 48.4 Å². The summed E-state index contributed by atoms with van der Waals surface area (Å²) >= 11 is 0. The number of alkyl carbamates (subject to hydrolysis) is 2. The van der Waals surface area contributed by atoms with Gasteiger partial charge >= 0.3 is 12.2 Å². The summed E-state index contributed by atoms with van der Waals surface area (Å²) < 4.78 is 9.60. The molecule has 2 fully saturated rings. The molecule has 14 nitrogen and oxygen atoms in total. The Kier molecular flexibility index (Phi) is 11.7. The lowest BCUT2D eigenvalue weighted by Gasteiger charge is -2.30. The normalized spacial score (nSPS) is 20.4. The number of benzene rings is 3. The van der Waals surface area contributed by atoms with Gasteiger partial charge in [-0.3, -0.25) is 9.59 Å². The van der Waals surface area contributed by atoms with E-state index < -0.39 is 24.3 Å². The number of imidazole rings is 2. The Balaban J connectivity index is 1.10. The van der Waals surface area contributed by atoms with E-state index in [2.05, 4.69) is 83.8 Å². The molecule has 0 bridgehead atoms. The van der Waals surface area contributed by atoms with Crippen LogP contribution in [0.3, 0.4) is 0 Å². The number of carbonyl (C=O) groups excluding carboxylic acids is 4. The van der Waals surface area contributed by atoms with Gasteiger partial charge in [-0.05, 0) is 95.5 Å². The number of amides is 4. The average Bonchev–Trinajstić information content (AvgIpc) is 4.01. The van der Waals surface area contributed by atoms with Gasteiger partial charge in [0.15, 0.2) is 0 Å². The summed E-state index contributed by atoms with van der Waals surface area (Å²) in [6.07, 6.45) is 0.276. The number of rotatable bonds is 10. The average molecular weight is 805 g/mol. The van der Waals surface area contributed by atoms with E-state index in [1.54, 1.807) is 0 Å². The number of aromatic nitrogens is 4. The molecule has 6 atom stereocenters. The molecule has 4 N–H and O–H groups in total. The first-order chi connectivity index (χ1) is 28.1. The van der Waals surface area contributed by atoms with Crippen molar-refractivity contribution >= 4 is 46.1 Å². The molecule has 59 heavy (non-hydrogen) atoms. The van der Waals surface area contributed by atoms with Crippen LogP contribution in [0, 0.1) is 30.6 Å². The molecule has 312 valence electrons. The van der Waals surface area contributed by atoms with E-state index in [0.29, 0.717) is 13.1 Å². The summed E-state index contributed by atoms with van der Waals surface area (Å²) in [5, 5.41) is 5.45. The van der Waals surface area contributed by atoms with Crippen LogP contribution in [0.25, 0.3) is 44.3 Å². The third-order valence-corrected chi connectivity index (χ3v) is 11.9. The minimum atomic E-state index is -0.707. The number of nitrogens with zero attached hydrogens (tertiary/aromatic N) is 4. The summed E-state index contributed by atoms with van der Waals surface area (Å²) in [6, 6.07) is 16.9. The number of likely N-dealkylation sites (tertiary alicyclic amines) is 2. The number of aryl methyl sites for hydroxylation is 1. The summed E-state index contributed by atoms with van der Waals surface area (Å²) in [5.41, 5.74) is 8.73. The molecular weight excluding hydrogens is 749 g/mol. The molecule has 0 saturated carbocycles. The van der Waals surface area contributed by atoms with Crippen LogP contribution >= 0.6 is 0 Å². The van der Waals surface area contributed by atoms with Crippen LogP contribution in [-0.4, -0.2) is 93.1 Å². The van der Waals surface area contributed by atoms with E-state index in [9.17, 15) is 19.2 Å². The number of hydrogen-bond acceptors (Lipinski definition) is 8. The first-order valence-corrected chi connectivity index (χ1v) is 20.6. The Bertz CT molecular complexity index is 2380. The minimum Gasteiger partial charge on any atom is -0.453 e. The molecule has 5 aromatic rings. The van der Waals surface area contributed by atoms with Crippen LogP contribution in [0.15, 0.2) is 54.6 Å². The second-order valence-electron chi connectivity index (χ2n) is 17.1. The molecule has 2 saturated heterocycles. The number of ether oxygens (including phenoxy) is 2. The molecule has 4 amide bonds. The zero-order chi connectivity index (χ0) is 42.3. The van der Waals surface area contributed by atoms with Gasteiger partial charge in [0.1, 0.15) is 23.7 Å². The fourth-order valence-corrected chi connectivity index (χ4v) is 8.73. The predicted molar refractivity (Wildman–Crippen MR) is 226 cm³/mol. The lowest BCUT2D eigenvalue weighted by atomic mass is 9.95. The highest BCUT2D eigenvalue weighted by molar-refractivity contribution is 5.89.